The molecule has 1 aromatic carbocycles. The quantitative estimate of drug-likeness (QED) is 0.627. The van der Waals surface area contributed by atoms with Crippen LogP contribution in [0.1, 0.15) is 52.0 Å². The molecule has 2 N–H and O–H groups in total. The first-order valence-electron chi connectivity index (χ1n) is 10.2. The fraction of sp³-hybridized carbons (Fsp3) is 0.591. The monoisotopic (exact) mass is 420 g/mol. The molecule has 1 aromatic rings. The molecule has 160 valence electrons. The Hall–Kier alpha value is -2.02. The molecular weight excluding hydrogens is 388 g/mol. The minimum absolute atomic E-state index is 0.129. The Labute approximate surface area is 177 Å². The number of aryl methyl sites for hydroxylation is 1. The van der Waals surface area contributed by atoms with Gasteiger partial charge in [0, 0.05) is 11.7 Å². The lowest BCUT2D eigenvalue weighted by Crippen LogP contribution is -2.46. The van der Waals surface area contributed by atoms with E-state index >= 15 is 0 Å². The number of rotatable bonds is 8. The number of esters is 1. The Morgan fingerprint density at radius 3 is 2.45 bits per heavy atom. The van der Waals surface area contributed by atoms with Gasteiger partial charge in [0.25, 0.3) is 5.91 Å². The number of nitrogens with one attached hydrogen (secondary N) is 2. The summed E-state index contributed by atoms with van der Waals surface area (Å²) >= 11 is 1.19. The number of hydrogen-bond donors (Lipinski definition) is 2. The van der Waals surface area contributed by atoms with Gasteiger partial charge in [0.2, 0.25) is 5.91 Å². The summed E-state index contributed by atoms with van der Waals surface area (Å²) in [5, 5.41) is 5.26. The predicted octanol–water partition coefficient (Wildman–Crippen LogP) is 3.68. The van der Waals surface area contributed by atoms with Crippen molar-refractivity contribution in [2.75, 3.05) is 11.1 Å². The van der Waals surface area contributed by atoms with Crippen molar-refractivity contribution in [2.45, 2.75) is 70.8 Å². The molecular formula is C22H32N2O4S. The Bertz CT molecular complexity index is 707. The van der Waals surface area contributed by atoms with Gasteiger partial charge in [0.1, 0.15) is 5.25 Å². The Morgan fingerprint density at radius 2 is 1.79 bits per heavy atom. The van der Waals surface area contributed by atoms with Gasteiger partial charge in [-0.2, -0.15) is 0 Å². The van der Waals surface area contributed by atoms with E-state index in [-0.39, 0.29) is 23.6 Å². The van der Waals surface area contributed by atoms with Crippen molar-refractivity contribution in [1.82, 2.24) is 5.32 Å². The summed E-state index contributed by atoms with van der Waals surface area (Å²) in [6.07, 6.45) is 3.54. The highest BCUT2D eigenvalue weighted by Crippen LogP contribution is 2.24. The van der Waals surface area contributed by atoms with E-state index in [0.717, 1.165) is 30.5 Å². The number of anilines is 1. The number of carbonyl (C=O) groups is 3. The highest BCUT2D eigenvalue weighted by atomic mass is 32.2. The average molecular weight is 421 g/mol. The lowest BCUT2D eigenvalue weighted by Gasteiger charge is -2.30. The number of ether oxygens (including phenoxy) is 1. The summed E-state index contributed by atoms with van der Waals surface area (Å²) in [6.45, 7) is 7.38. The van der Waals surface area contributed by atoms with Crippen LogP contribution in [0.5, 0.6) is 0 Å². The molecule has 6 nitrogen and oxygen atoms in total. The van der Waals surface area contributed by atoms with Gasteiger partial charge < -0.3 is 15.4 Å². The molecule has 1 aliphatic carbocycles. The Balaban J connectivity index is 1.72. The number of benzene rings is 1. The third kappa shape index (κ3) is 7.72. The average Bonchev–Trinajstić information content (AvgIpc) is 2.69. The standard InChI is InChI=1S/C22H32N2O4S/c1-14-9-11-18(12-10-14)23-20(25)13-29-17(4)22(27)28-16(3)21(26)24-19-8-6-5-7-15(19)2/h9-12,15-17,19H,5-8,13H2,1-4H3,(H,23,25)(H,24,26)/t15-,16-,17-,19+/m1/s1. The molecule has 1 fully saturated rings. The van der Waals surface area contributed by atoms with E-state index in [1.807, 2.05) is 31.2 Å². The molecule has 2 amide bonds. The maximum Gasteiger partial charge on any atom is 0.319 e. The van der Waals surface area contributed by atoms with Crippen LogP contribution >= 0.6 is 11.8 Å². The second-order valence-corrected chi connectivity index (χ2v) is 9.15. The lowest BCUT2D eigenvalue weighted by molar-refractivity contribution is -0.154. The van der Waals surface area contributed by atoms with Crippen molar-refractivity contribution in [3.05, 3.63) is 29.8 Å². The van der Waals surface area contributed by atoms with E-state index in [1.54, 1.807) is 13.8 Å². The highest BCUT2D eigenvalue weighted by Gasteiger charge is 2.27. The fourth-order valence-corrected chi connectivity index (χ4v) is 3.92. The zero-order valence-electron chi connectivity index (χ0n) is 17.7. The summed E-state index contributed by atoms with van der Waals surface area (Å²) in [6, 6.07) is 7.66. The second kappa shape index (κ2) is 11.2. The molecule has 0 heterocycles. The van der Waals surface area contributed by atoms with Crippen LogP contribution in [-0.4, -0.2) is 40.9 Å². The van der Waals surface area contributed by atoms with Gasteiger partial charge in [0.05, 0.1) is 5.75 Å². The van der Waals surface area contributed by atoms with Crippen molar-refractivity contribution >= 4 is 35.2 Å². The maximum atomic E-state index is 12.3. The first kappa shape index (κ1) is 23.3. The molecule has 1 saturated carbocycles. The number of thioether (sulfide) groups is 1. The second-order valence-electron chi connectivity index (χ2n) is 7.82. The van der Waals surface area contributed by atoms with Gasteiger partial charge in [-0.05, 0) is 51.7 Å². The molecule has 0 bridgehead atoms. The third-order valence-electron chi connectivity index (χ3n) is 5.23. The molecule has 0 saturated heterocycles. The number of amides is 2. The highest BCUT2D eigenvalue weighted by molar-refractivity contribution is 8.01. The maximum absolute atomic E-state index is 12.3. The first-order chi connectivity index (χ1) is 13.8. The zero-order valence-corrected chi connectivity index (χ0v) is 18.5. The number of carbonyl (C=O) groups excluding carboxylic acids is 3. The van der Waals surface area contributed by atoms with Crippen LogP contribution in [0.2, 0.25) is 0 Å². The fourth-order valence-electron chi connectivity index (χ4n) is 3.26. The van der Waals surface area contributed by atoms with Crippen LogP contribution in [0.4, 0.5) is 5.69 Å². The third-order valence-corrected chi connectivity index (χ3v) is 6.35. The Morgan fingerprint density at radius 1 is 1.14 bits per heavy atom. The van der Waals surface area contributed by atoms with Gasteiger partial charge in [-0.1, -0.05) is 37.5 Å². The molecule has 0 unspecified atom stereocenters. The van der Waals surface area contributed by atoms with Gasteiger partial charge in [-0.15, -0.1) is 11.8 Å². The predicted molar refractivity (Wildman–Crippen MR) is 117 cm³/mol. The Kier molecular flexibility index (Phi) is 9.01. The molecule has 0 radical (unpaired) electrons. The van der Waals surface area contributed by atoms with Crippen LogP contribution in [0, 0.1) is 12.8 Å². The van der Waals surface area contributed by atoms with E-state index in [0.29, 0.717) is 5.92 Å². The molecule has 4 atom stereocenters. The van der Waals surface area contributed by atoms with E-state index in [2.05, 4.69) is 17.6 Å². The van der Waals surface area contributed by atoms with Crippen molar-refractivity contribution in [3.8, 4) is 0 Å². The van der Waals surface area contributed by atoms with Crippen molar-refractivity contribution in [2.24, 2.45) is 5.92 Å². The van der Waals surface area contributed by atoms with Gasteiger partial charge in [0.15, 0.2) is 6.10 Å². The first-order valence-corrected chi connectivity index (χ1v) is 11.3. The summed E-state index contributed by atoms with van der Waals surface area (Å²) in [4.78, 5) is 36.7. The number of hydrogen-bond acceptors (Lipinski definition) is 5. The smallest absolute Gasteiger partial charge is 0.319 e. The van der Waals surface area contributed by atoms with E-state index in [9.17, 15) is 14.4 Å². The van der Waals surface area contributed by atoms with Crippen molar-refractivity contribution in [1.29, 1.82) is 0 Å². The SMILES string of the molecule is Cc1ccc(NC(=O)CS[C@H](C)C(=O)O[C@H](C)C(=O)N[C@H]2CCCC[C@H]2C)cc1. The minimum atomic E-state index is -0.846. The van der Waals surface area contributed by atoms with E-state index < -0.39 is 17.3 Å². The summed E-state index contributed by atoms with van der Waals surface area (Å²) < 4.78 is 5.31. The summed E-state index contributed by atoms with van der Waals surface area (Å²) in [5.74, 6) is -0.360. The molecule has 0 aromatic heterocycles. The minimum Gasteiger partial charge on any atom is -0.452 e. The molecule has 1 aliphatic rings. The van der Waals surface area contributed by atoms with Crippen LogP contribution in [0.25, 0.3) is 0 Å². The largest absolute Gasteiger partial charge is 0.452 e. The molecule has 0 spiro atoms. The summed E-state index contributed by atoms with van der Waals surface area (Å²) in [7, 11) is 0. The van der Waals surface area contributed by atoms with Crippen LogP contribution in [0.3, 0.4) is 0 Å². The molecule has 29 heavy (non-hydrogen) atoms. The molecule has 0 aliphatic heterocycles. The van der Waals surface area contributed by atoms with Gasteiger partial charge in [-0.3, -0.25) is 14.4 Å². The van der Waals surface area contributed by atoms with Crippen LogP contribution in [0.15, 0.2) is 24.3 Å². The van der Waals surface area contributed by atoms with E-state index in [4.69, 9.17) is 4.74 Å². The van der Waals surface area contributed by atoms with Crippen LogP contribution < -0.4 is 10.6 Å². The topological polar surface area (TPSA) is 84.5 Å². The summed E-state index contributed by atoms with van der Waals surface area (Å²) in [5.41, 5.74) is 1.84. The van der Waals surface area contributed by atoms with Crippen LogP contribution in [-0.2, 0) is 19.1 Å². The normalized spacial score (nSPS) is 21.0. The van der Waals surface area contributed by atoms with Gasteiger partial charge >= 0.3 is 5.97 Å². The molecule has 2 rings (SSSR count). The molecule has 7 heteroatoms. The lowest BCUT2D eigenvalue weighted by atomic mass is 9.86. The zero-order chi connectivity index (χ0) is 21.4. The van der Waals surface area contributed by atoms with Gasteiger partial charge in [-0.25, -0.2) is 0 Å². The van der Waals surface area contributed by atoms with Crippen molar-refractivity contribution < 1.29 is 19.1 Å². The van der Waals surface area contributed by atoms with Crippen molar-refractivity contribution in [3.63, 3.8) is 0 Å². The van der Waals surface area contributed by atoms with E-state index in [1.165, 1.54) is 18.2 Å².